The lowest BCUT2D eigenvalue weighted by Gasteiger charge is -2.53. The molecule has 1 fully saturated rings. The predicted molar refractivity (Wildman–Crippen MR) is 91.6 cm³/mol. The first-order valence-electron chi connectivity index (χ1n) is 8.43. The van der Waals surface area contributed by atoms with Gasteiger partial charge in [0, 0.05) is 11.5 Å². The van der Waals surface area contributed by atoms with Crippen LogP contribution in [-0.4, -0.2) is 34.1 Å². The van der Waals surface area contributed by atoms with Crippen molar-refractivity contribution >= 4 is 6.16 Å². The third-order valence-electron chi connectivity index (χ3n) is 5.10. The van der Waals surface area contributed by atoms with Crippen molar-refractivity contribution in [3.8, 4) is 17.2 Å². The van der Waals surface area contributed by atoms with Crippen molar-refractivity contribution in [1.82, 2.24) is 0 Å². The van der Waals surface area contributed by atoms with Gasteiger partial charge in [-0.25, -0.2) is 4.79 Å². The number of fused-ring (bicyclic) bond motifs is 4. The lowest BCUT2D eigenvalue weighted by atomic mass is 9.57. The molecule has 136 valence electrons. The summed E-state index contributed by atoms with van der Waals surface area (Å²) in [4.78, 5) is 12.2. The molecule has 0 amide bonds. The van der Waals surface area contributed by atoms with Crippen LogP contribution in [0.5, 0.6) is 17.2 Å². The van der Waals surface area contributed by atoms with E-state index in [1.807, 2.05) is 6.07 Å². The number of rotatable bonds is 6. The largest absolute Gasteiger partial charge is 0.509 e. The zero-order chi connectivity index (χ0) is 18.0. The number of ether oxygens (including phenoxy) is 5. The van der Waals surface area contributed by atoms with Crippen LogP contribution >= 0.6 is 0 Å². The van der Waals surface area contributed by atoms with E-state index in [4.69, 9.17) is 23.7 Å². The van der Waals surface area contributed by atoms with Crippen molar-refractivity contribution < 1.29 is 28.5 Å². The Morgan fingerprint density at radius 1 is 1.24 bits per heavy atom. The summed E-state index contributed by atoms with van der Waals surface area (Å²) < 4.78 is 27.5. The summed E-state index contributed by atoms with van der Waals surface area (Å²) in [6.45, 7) is 3.67. The van der Waals surface area contributed by atoms with E-state index in [9.17, 15) is 4.79 Å². The van der Waals surface area contributed by atoms with Crippen LogP contribution in [0.1, 0.15) is 42.7 Å². The van der Waals surface area contributed by atoms with E-state index in [2.05, 4.69) is 6.58 Å². The second kappa shape index (κ2) is 6.86. The summed E-state index contributed by atoms with van der Waals surface area (Å²) in [5, 5.41) is 0. The fourth-order valence-corrected chi connectivity index (χ4v) is 4.14. The van der Waals surface area contributed by atoms with E-state index in [0.29, 0.717) is 17.2 Å². The fraction of sp³-hybridized carbons (Fsp3) is 0.526. The van der Waals surface area contributed by atoms with Gasteiger partial charge in [0.2, 0.25) is 5.75 Å². The van der Waals surface area contributed by atoms with Crippen molar-refractivity contribution in [2.24, 2.45) is 0 Å². The van der Waals surface area contributed by atoms with E-state index < -0.39 is 11.8 Å². The molecule has 3 rings (SSSR count). The zero-order valence-corrected chi connectivity index (χ0v) is 14.9. The predicted octanol–water partition coefficient (Wildman–Crippen LogP) is 3.92. The third-order valence-corrected chi connectivity index (χ3v) is 5.10. The Bertz CT molecular complexity index is 683. The quantitative estimate of drug-likeness (QED) is 0.573. The molecule has 0 heterocycles. The van der Waals surface area contributed by atoms with Gasteiger partial charge < -0.3 is 23.7 Å². The number of benzene rings is 1. The highest BCUT2D eigenvalue weighted by molar-refractivity contribution is 5.70. The first kappa shape index (κ1) is 17.5. The molecule has 0 bridgehead atoms. The van der Waals surface area contributed by atoms with Crippen molar-refractivity contribution in [1.29, 1.82) is 0 Å². The average Bonchev–Trinajstić information content (AvgIpc) is 2.63. The van der Waals surface area contributed by atoms with Gasteiger partial charge in [-0.1, -0.05) is 19.1 Å². The Balaban J connectivity index is 2.07. The fourth-order valence-electron chi connectivity index (χ4n) is 4.14. The maximum atomic E-state index is 12.2. The highest BCUT2D eigenvalue weighted by atomic mass is 16.7. The topological polar surface area (TPSA) is 63.2 Å². The van der Waals surface area contributed by atoms with Gasteiger partial charge in [0.1, 0.15) is 6.61 Å². The molecule has 25 heavy (non-hydrogen) atoms. The molecule has 0 saturated heterocycles. The maximum Gasteiger partial charge on any atom is 0.509 e. The standard InChI is InChI=1S/C19H24O6/c1-5-10-24-18(20)25-19-9-7-6-8-13(19)12-11-14(21-2)16(22-3)17(23-4)15(12)19/h5,11,13H,1,6-10H2,2-4H3/t13-,19+/m1/s1. The van der Waals surface area contributed by atoms with Gasteiger partial charge in [-0.3, -0.25) is 0 Å². The van der Waals surface area contributed by atoms with Gasteiger partial charge in [0.25, 0.3) is 0 Å². The number of hydrogen-bond donors (Lipinski definition) is 0. The van der Waals surface area contributed by atoms with Crippen LogP contribution in [0.2, 0.25) is 0 Å². The average molecular weight is 348 g/mol. The summed E-state index contributed by atoms with van der Waals surface area (Å²) >= 11 is 0. The molecule has 2 aliphatic rings. The molecule has 2 atom stereocenters. The van der Waals surface area contributed by atoms with E-state index in [1.165, 1.54) is 6.08 Å². The van der Waals surface area contributed by atoms with Crippen LogP contribution in [0.3, 0.4) is 0 Å². The Morgan fingerprint density at radius 3 is 2.64 bits per heavy atom. The summed E-state index contributed by atoms with van der Waals surface area (Å²) in [5.74, 6) is 1.80. The van der Waals surface area contributed by atoms with Crippen LogP contribution in [0, 0.1) is 0 Å². The van der Waals surface area contributed by atoms with Crippen molar-refractivity contribution in [3.05, 3.63) is 29.8 Å². The van der Waals surface area contributed by atoms with Crippen LogP contribution in [-0.2, 0) is 15.1 Å². The van der Waals surface area contributed by atoms with Gasteiger partial charge in [-0.15, -0.1) is 0 Å². The summed E-state index contributed by atoms with van der Waals surface area (Å²) in [6.07, 6.45) is 4.57. The third kappa shape index (κ3) is 2.60. The SMILES string of the molecule is C=CCOC(=O)O[C@@]12CCCC[C@@H]1c1cc(OC)c(OC)c(OC)c12. The Kier molecular flexibility index (Phi) is 4.79. The molecular weight excluding hydrogens is 324 g/mol. The number of carbonyl (C=O) groups excluding carboxylic acids is 1. The zero-order valence-electron chi connectivity index (χ0n) is 14.9. The van der Waals surface area contributed by atoms with E-state index in [0.717, 1.165) is 36.8 Å². The molecule has 6 nitrogen and oxygen atoms in total. The Hall–Kier alpha value is -2.37. The van der Waals surface area contributed by atoms with Gasteiger partial charge in [-0.05, 0) is 30.9 Å². The minimum atomic E-state index is -0.725. The molecule has 0 spiro atoms. The molecule has 1 saturated carbocycles. The maximum absolute atomic E-state index is 12.2. The minimum Gasteiger partial charge on any atom is -0.493 e. The highest BCUT2D eigenvalue weighted by Crippen LogP contribution is 2.65. The van der Waals surface area contributed by atoms with Crippen molar-refractivity contribution in [2.45, 2.75) is 37.2 Å². The lowest BCUT2D eigenvalue weighted by molar-refractivity contribution is -0.0903. The first-order chi connectivity index (χ1) is 12.1. The number of hydrogen-bond acceptors (Lipinski definition) is 6. The molecule has 0 aromatic heterocycles. The molecule has 2 aliphatic carbocycles. The van der Waals surface area contributed by atoms with E-state index in [-0.39, 0.29) is 12.5 Å². The van der Waals surface area contributed by atoms with Crippen LogP contribution in [0.15, 0.2) is 18.7 Å². The van der Waals surface area contributed by atoms with Crippen molar-refractivity contribution in [2.75, 3.05) is 27.9 Å². The molecular formula is C19H24O6. The molecule has 6 heteroatoms. The van der Waals surface area contributed by atoms with Crippen molar-refractivity contribution in [3.63, 3.8) is 0 Å². The molecule has 0 N–H and O–H groups in total. The molecule has 1 aromatic rings. The first-order valence-corrected chi connectivity index (χ1v) is 8.43. The summed E-state index contributed by atoms with van der Waals surface area (Å²) in [6, 6.07) is 1.96. The molecule has 0 unspecified atom stereocenters. The summed E-state index contributed by atoms with van der Waals surface area (Å²) in [7, 11) is 4.74. The summed E-state index contributed by atoms with van der Waals surface area (Å²) in [5.41, 5.74) is 1.23. The monoisotopic (exact) mass is 348 g/mol. The second-order valence-electron chi connectivity index (χ2n) is 6.25. The Morgan fingerprint density at radius 2 is 2.00 bits per heavy atom. The highest BCUT2D eigenvalue weighted by Gasteiger charge is 2.59. The number of carbonyl (C=O) groups is 1. The van der Waals surface area contributed by atoms with Gasteiger partial charge in [-0.2, -0.15) is 0 Å². The van der Waals surface area contributed by atoms with Crippen LogP contribution in [0.25, 0.3) is 0 Å². The smallest absolute Gasteiger partial charge is 0.493 e. The van der Waals surface area contributed by atoms with Gasteiger partial charge >= 0.3 is 6.16 Å². The number of methoxy groups -OCH3 is 3. The lowest BCUT2D eigenvalue weighted by Crippen LogP contribution is -2.49. The Labute approximate surface area is 147 Å². The van der Waals surface area contributed by atoms with Gasteiger partial charge in [0.15, 0.2) is 17.1 Å². The van der Waals surface area contributed by atoms with E-state index >= 15 is 0 Å². The van der Waals surface area contributed by atoms with E-state index in [1.54, 1.807) is 21.3 Å². The second-order valence-corrected chi connectivity index (χ2v) is 6.25. The van der Waals surface area contributed by atoms with Crippen LogP contribution in [0.4, 0.5) is 4.79 Å². The normalized spacial score (nSPS) is 23.4. The van der Waals surface area contributed by atoms with Crippen LogP contribution < -0.4 is 14.2 Å². The molecule has 0 radical (unpaired) electrons. The molecule has 0 aliphatic heterocycles. The minimum absolute atomic E-state index is 0.112. The molecule has 1 aromatic carbocycles. The van der Waals surface area contributed by atoms with Gasteiger partial charge in [0.05, 0.1) is 21.3 Å².